The highest BCUT2D eigenvalue weighted by molar-refractivity contribution is 14.0. The van der Waals surface area contributed by atoms with Gasteiger partial charge in [-0.2, -0.15) is 0 Å². The van der Waals surface area contributed by atoms with Crippen molar-refractivity contribution in [3.05, 3.63) is 59.4 Å². The van der Waals surface area contributed by atoms with Crippen LogP contribution in [0.15, 0.2) is 47.5 Å². The van der Waals surface area contributed by atoms with E-state index in [1.165, 1.54) is 18.2 Å². The number of amides is 1. The molecule has 0 radical (unpaired) electrons. The molecule has 0 saturated heterocycles. The van der Waals surface area contributed by atoms with Crippen molar-refractivity contribution in [3.8, 4) is 5.75 Å². The molecule has 0 aromatic heterocycles. The van der Waals surface area contributed by atoms with Gasteiger partial charge in [0.2, 0.25) is 5.91 Å². The molecule has 0 heterocycles. The van der Waals surface area contributed by atoms with Gasteiger partial charge in [0.15, 0.2) is 5.96 Å². The van der Waals surface area contributed by atoms with Crippen LogP contribution in [0.2, 0.25) is 0 Å². The van der Waals surface area contributed by atoms with Crippen molar-refractivity contribution < 1.29 is 13.9 Å². The van der Waals surface area contributed by atoms with E-state index in [0.29, 0.717) is 18.2 Å². The molecule has 0 aliphatic rings. The molecule has 3 N–H and O–H groups in total. The average molecular weight is 486 g/mol. The number of carbonyl (C=O) groups is 1. The number of ether oxygens (including phenoxy) is 1. The molecule has 146 valence electrons. The van der Waals surface area contributed by atoms with Crippen LogP contribution in [0.4, 0.5) is 10.1 Å². The number of aliphatic imine (C=N–C) groups is 1. The van der Waals surface area contributed by atoms with Gasteiger partial charge in [-0.3, -0.25) is 9.79 Å². The van der Waals surface area contributed by atoms with E-state index in [4.69, 9.17) is 4.74 Å². The van der Waals surface area contributed by atoms with Crippen LogP contribution in [0.5, 0.6) is 5.75 Å². The van der Waals surface area contributed by atoms with Crippen LogP contribution in [-0.4, -0.2) is 32.6 Å². The van der Waals surface area contributed by atoms with Crippen molar-refractivity contribution in [2.24, 2.45) is 4.99 Å². The number of benzene rings is 2. The largest absolute Gasteiger partial charge is 0.496 e. The molecule has 0 bridgehead atoms. The molecule has 2 rings (SSSR count). The summed E-state index contributed by atoms with van der Waals surface area (Å²) in [5, 5.41) is 8.66. The maximum Gasteiger partial charge on any atom is 0.243 e. The Morgan fingerprint density at radius 3 is 2.63 bits per heavy atom. The van der Waals surface area contributed by atoms with E-state index in [0.717, 1.165) is 16.9 Å². The van der Waals surface area contributed by atoms with Gasteiger partial charge in [0, 0.05) is 24.8 Å². The zero-order chi connectivity index (χ0) is 18.9. The van der Waals surface area contributed by atoms with Crippen molar-refractivity contribution in [1.82, 2.24) is 10.6 Å². The third-order valence-electron chi connectivity index (χ3n) is 3.64. The summed E-state index contributed by atoms with van der Waals surface area (Å²) >= 11 is 0. The highest BCUT2D eigenvalue weighted by Crippen LogP contribution is 2.19. The average Bonchev–Trinajstić information content (AvgIpc) is 2.62. The van der Waals surface area contributed by atoms with Crippen LogP contribution in [-0.2, 0) is 11.3 Å². The Morgan fingerprint density at radius 1 is 1.19 bits per heavy atom. The molecule has 8 heteroatoms. The lowest BCUT2D eigenvalue weighted by Crippen LogP contribution is -2.41. The molecule has 2 aromatic carbocycles. The quantitative estimate of drug-likeness (QED) is 0.334. The van der Waals surface area contributed by atoms with Gasteiger partial charge in [-0.15, -0.1) is 24.0 Å². The summed E-state index contributed by atoms with van der Waals surface area (Å²) in [4.78, 5) is 16.0. The van der Waals surface area contributed by atoms with Gasteiger partial charge >= 0.3 is 0 Å². The minimum atomic E-state index is -0.403. The fourth-order valence-electron chi connectivity index (χ4n) is 2.33. The topological polar surface area (TPSA) is 74.8 Å². The van der Waals surface area contributed by atoms with E-state index in [2.05, 4.69) is 20.9 Å². The molecule has 0 aliphatic heterocycles. The third kappa shape index (κ3) is 7.41. The third-order valence-corrected chi connectivity index (χ3v) is 3.64. The number of rotatable bonds is 6. The van der Waals surface area contributed by atoms with Crippen molar-refractivity contribution in [2.75, 3.05) is 26.0 Å². The van der Waals surface area contributed by atoms with E-state index in [1.54, 1.807) is 20.2 Å². The first-order valence-corrected chi connectivity index (χ1v) is 8.15. The number of methoxy groups -OCH3 is 1. The predicted molar refractivity (Wildman–Crippen MR) is 116 cm³/mol. The number of guanidine groups is 1. The van der Waals surface area contributed by atoms with E-state index < -0.39 is 5.82 Å². The van der Waals surface area contributed by atoms with E-state index in [1.807, 2.05) is 25.1 Å². The molecule has 0 saturated carbocycles. The van der Waals surface area contributed by atoms with Gasteiger partial charge in [-0.05, 0) is 36.8 Å². The van der Waals surface area contributed by atoms with E-state index in [9.17, 15) is 9.18 Å². The van der Waals surface area contributed by atoms with Crippen molar-refractivity contribution >= 4 is 41.5 Å². The van der Waals surface area contributed by atoms with Crippen molar-refractivity contribution in [1.29, 1.82) is 0 Å². The Balaban J connectivity index is 0.00000364. The molecule has 6 nitrogen and oxygen atoms in total. The maximum absolute atomic E-state index is 13.1. The number of halogens is 2. The number of aryl methyl sites for hydroxylation is 1. The van der Waals surface area contributed by atoms with E-state index >= 15 is 0 Å². The van der Waals surface area contributed by atoms with Gasteiger partial charge in [-0.1, -0.05) is 18.2 Å². The lowest BCUT2D eigenvalue weighted by molar-refractivity contribution is -0.115. The maximum atomic E-state index is 13.1. The normalized spacial score (nSPS) is 10.6. The van der Waals surface area contributed by atoms with Crippen LogP contribution in [0.1, 0.15) is 11.1 Å². The van der Waals surface area contributed by atoms with Crippen LogP contribution in [0.25, 0.3) is 0 Å². The van der Waals surface area contributed by atoms with Gasteiger partial charge in [-0.25, -0.2) is 4.39 Å². The molecule has 0 atom stereocenters. The second kappa shape index (κ2) is 11.4. The second-order valence-corrected chi connectivity index (χ2v) is 5.65. The smallest absolute Gasteiger partial charge is 0.243 e. The van der Waals surface area contributed by atoms with Crippen LogP contribution >= 0.6 is 24.0 Å². The number of hydrogen-bond donors (Lipinski definition) is 3. The van der Waals surface area contributed by atoms with Crippen molar-refractivity contribution in [3.63, 3.8) is 0 Å². The fourth-order valence-corrected chi connectivity index (χ4v) is 2.33. The van der Waals surface area contributed by atoms with Gasteiger partial charge in [0.05, 0.1) is 13.7 Å². The second-order valence-electron chi connectivity index (χ2n) is 5.65. The Kier molecular flexibility index (Phi) is 9.55. The number of nitrogens with zero attached hydrogens (tertiary/aromatic N) is 1. The summed E-state index contributed by atoms with van der Waals surface area (Å²) in [5.74, 6) is 0.561. The molecule has 0 aliphatic carbocycles. The highest BCUT2D eigenvalue weighted by atomic mass is 127. The van der Waals surface area contributed by atoms with E-state index in [-0.39, 0.29) is 36.4 Å². The van der Waals surface area contributed by atoms with Crippen LogP contribution in [0.3, 0.4) is 0 Å². The Morgan fingerprint density at radius 2 is 1.96 bits per heavy atom. The Bertz CT molecular complexity index is 799. The minimum Gasteiger partial charge on any atom is -0.496 e. The zero-order valence-electron chi connectivity index (χ0n) is 15.5. The standard InChI is InChI=1S/C19H23FN4O2.HI/c1-13-7-8-14(17(9-13)26-3)11-22-19(21-2)23-12-18(25)24-16-6-4-5-15(20)10-16;/h4-10H,11-12H2,1-3H3,(H,24,25)(H2,21,22,23);1H. The summed E-state index contributed by atoms with van der Waals surface area (Å²) in [6.07, 6.45) is 0. The molecule has 27 heavy (non-hydrogen) atoms. The molecular weight excluding hydrogens is 462 g/mol. The van der Waals surface area contributed by atoms with Crippen molar-refractivity contribution in [2.45, 2.75) is 13.5 Å². The Hall–Kier alpha value is -2.36. The fraction of sp³-hybridized carbons (Fsp3) is 0.263. The number of nitrogens with one attached hydrogen (secondary N) is 3. The van der Waals surface area contributed by atoms with Gasteiger partial charge in [0.25, 0.3) is 0 Å². The first kappa shape index (κ1) is 22.7. The first-order chi connectivity index (χ1) is 12.5. The molecule has 2 aromatic rings. The highest BCUT2D eigenvalue weighted by Gasteiger charge is 2.07. The summed E-state index contributed by atoms with van der Waals surface area (Å²) < 4.78 is 18.5. The van der Waals surface area contributed by atoms with Gasteiger partial charge in [0.1, 0.15) is 11.6 Å². The lowest BCUT2D eigenvalue weighted by atomic mass is 10.1. The van der Waals surface area contributed by atoms with Gasteiger partial charge < -0.3 is 20.7 Å². The molecular formula is C19H24FIN4O2. The van der Waals surface area contributed by atoms with Crippen LogP contribution in [0, 0.1) is 12.7 Å². The minimum absolute atomic E-state index is 0. The summed E-state index contributed by atoms with van der Waals surface area (Å²) in [7, 11) is 3.24. The first-order valence-electron chi connectivity index (χ1n) is 8.15. The number of carbonyl (C=O) groups excluding carboxylic acids is 1. The molecule has 0 fully saturated rings. The van der Waals surface area contributed by atoms with Crippen LogP contribution < -0.4 is 20.7 Å². The molecule has 0 spiro atoms. The predicted octanol–water partition coefficient (Wildman–Crippen LogP) is 3.06. The summed E-state index contributed by atoms with van der Waals surface area (Å²) in [6.45, 7) is 2.49. The molecule has 1 amide bonds. The lowest BCUT2D eigenvalue weighted by Gasteiger charge is -2.14. The number of hydrogen-bond acceptors (Lipinski definition) is 3. The summed E-state index contributed by atoms with van der Waals surface area (Å²) in [6, 6.07) is 11.7. The monoisotopic (exact) mass is 486 g/mol. The SMILES string of the molecule is CN=C(NCC(=O)Nc1cccc(F)c1)NCc1ccc(C)cc1OC.I. The Labute approximate surface area is 175 Å². The zero-order valence-corrected chi connectivity index (χ0v) is 17.8. The molecule has 0 unspecified atom stereocenters. The summed E-state index contributed by atoms with van der Waals surface area (Å²) in [5.41, 5.74) is 2.50. The number of anilines is 1.